The second-order valence-corrected chi connectivity index (χ2v) is 6.70. The Bertz CT molecular complexity index is 449. The first-order valence-electron chi connectivity index (χ1n) is 6.53. The van der Waals surface area contributed by atoms with E-state index < -0.39 is 39.6 Å². The van der Waals surface area contributed by atoms with E-state index in [4.69, 9.17) is 5.11 Å². The number of hydrogen-bond acceptors (Lipinski definition) is 4. The van der Waals surface area contributed by atoms with Crippen LogP contribution in [0, 0.1) is 5.92 Å². The monoisotopic (exact) mass is 365 g/mol. The third-order valence-corrected chi connectivity index (χ3v) is 4.96. The van der Waals surface area contributed by atoms with E-state index in [1.807, 2.05) is 6.92 Å². The third kappa shape index (κ3) is 6.34. The van der Waals surface area contributed by atoms with Crippen molar-refractivity contribution in [3.8, 4) is 0 Å². The van der Waals surface area contributed by atoms with Gasteiger partial charge in [0.2, 0.25) is 4.75 Å². The van der Waals surface area contributed by atoms with E-state index in [9.17, 15) is 27.7 Å². The molecule has 0 spiro atoms. The topological polar surface area (TPSA) is 129 Å². The minimum absolute atomic E-state index is 0. The predicted octanol–water partition coefficient (Wildman–Crippen LogP) is 1.78. The predicted molar refractivity (Wildman–Crippen MR) is 72.1 cm³/mol. The molecular formula is C12H22MnO7S. The van der Waals surface area contributed by atoms with E-state index in [2.05, 4.69) is 0 Å². The van der Waals surface area contributed by atoms with Crippen LogP contribution in [0.1, 0.15) is 52.4 Å². The zero-order valence-electron chi connectivity index (χ0n) is 12.1. The van der Waals surface area contributed by atoms with E-state index in [0.29, 0.717) is 12.8 Å². The van der Waals surface area contributed by atoms with Gasteiger partial charge < -0.3 is 10.2 Å². The van der Waals surface area contributed by atoms with E-state index >= 15 is 0 Å². The van der Waals surface area contributed by atoms with Gasteiger partial charge in [-0.2, -0.15) is 8.42 Å². The van der Waals surface area contributed by atoms with Gasteiger partial charge in [-0.05, 0) is 12.3 Å². The molecule has 7 nitrogen and oxygen atoms in total. The maximum Gasteiger partial charge on any atom is 0.328 e. The smallest absolute Gasteiger partial charge is 0.328 e. The van der Waals surface area contributed by atoms with E-state index in [1.165, 1.54) is 0 Å². The van der Waals surface area contributed by atoms with Gasteiger partial charge in [-0.25, -0.2) is 0 Å². The molecule has 0 saturated heterocycles. The van der Waals surface area contributed by atoms with E-state index in [0.717, 1.165) is 12.8 Å². The average molecular weight is 365 g/mol. The molecule has 0 bridgehead atoms. The number of carboxylic acid groups (broad SMARTS) is 2. The van der Waals surface area contributed by atoms with Gasteiger partial charge in [0.1, 0.15) is 0 Å². The molecular weight excluding hydrogens is 343 g/mol. The fourth-order valence-corrected chi connectivity index (χ4v) is 3.17. The Morgan fingerprint density at radius 1 is 1.19 bits per heavy atom. The van der Waals surface area contributed by atoms with Crippen LogP contribution >= 0.6 is 0 Å². The summed E-state index contributed by atoms with van der Waals surface area (Å²) in [5.74, 6) is -3.67. The van der Waals surface area contributed by atoms with Crippen molar-refractivity contribution in [1.29, 1.82) is 0 Å². The van der Waals surface area contributed by atoms with Gasteiger partial charge in [-0.15, -0.1) is 0 Å². The van der Waals surface area contributed by atoms with Gasteiger partial charge in [-0.1, -0.05) is 39.5 Å². The summed E-state index contributed by atoms with van der Waals surface area (Å²) in [5, 5.41) is 18.0. The molecule has 0 aromatic carbocycles. The summed E-state index contributed by atoms with van der Waals surface area (Å²) in [4.78, 5) is 22.1. The second-order valence-electron chi connectivity index (χ2n) is 4.97. The average Bonchev–Trinajstić information content (AvgIpc) is 2.30. The van der Waals surface area contributed by atoms with Crippen LogP contribution in [-0.4, -0.2) is 39.9 Å². The Labute approximate surface area is 135 Å². The van der Waals surface area contributed by atoms with Gasteiger partial charge in [0.15, 0.2) is 0 Å². The van der Waals surface area contributed by atoms with Crippen LogP contribution in [0.3, 0.4) is 0 Å². The molecule has 1 radical (unpaired) electrons. The fraction of sp³-hybridized carbons (Fsp3) is 0.833. The van der Waals surface area contributed by atoms with Crippen LogP contribution in [-0.2, 0) is 36.8 Å². The molecule has 3 N–H and O–H groups in total. The minimum Gasteiger partial charge on any atom is -0.481 e. The zero-order chi connectivity index (χ0) is 16.0. The Morgan fingerprint density at radius 2 is 1.71 bits per heavy atom. The number of hydrogen-bond donors (Lipinski definition) is 3. The maximum absolute atomic E-state index is 11.5. The van der Waals surface area contributed by atoms with Crippen molar-refractivity contribution >= 4 is 22.1 Å². The van der Waals surface area contributed by atoms with Crippen molar-refractivity contribution in [1.82, 2.24) is 0 Å². The van der Waals surface area contributed by atoms with Crippen LogP contribution in [0.25, 0.3) is 0 Å². The van der Waals surface area contributed by atoms with E-state index in [1.54, 1.807) is 6.92 Å². The molecule has 0 aliphatic heterocycles. The largest absolute Gasteiger partial charge is 0.481 e. The van der Waals surface area contributed by atoms with Crippen LogP contribution in [0.15, 0.2) is 0 Å². The van der Waals surface area contributed by atoms with Crippen molar-refractivity contribution in [2.45, 2.75) is 57.1 Å². The van der Waals surface area contributed by atoms with Crippen LogP contribution in [0.4, 0.5) is 0 Å². The number of aliphatic carboxylic acids is 2. The number of carbonyl (C=O) groups is 2. The van der Waals surface area contributed by atoms with Gasteiger partial charge in [0.25, 0.3) is 10.1 Å². The van der Waals surface area contributed by atoms with Crippen LogP contribution in [0.2, 0.25) is 0 Å². The number of unbranched alkanes of at least 4 members (excludes halogenated alkanes) is 1. The normalized spacial score (nSPS) is 15.6. The van der Waals surface area contributed by atoms with Crippen LogP contribution in [0.5, 0.6) is 0 Å². The molecule has 9 heteroatoms. The SMILES string of the molecule is CCCCC(CC)CC(CC(=O)O)(C(=O)O)S(=O)(=O)O.[Mn]. The quantitative estimate of drug-likeness (QED) is 0.397. The zero-order valence-corrected chi connectivity index (χ0v) is 14.1. The van der Waals surface area contributed by atoms with Crippen molar-refractivity contribution < 1.29 is 49.8 Å². The molecule has 0 saturated carbocycles. The summed E-state index contributed by atoms with van der Waals surface area (Å²) in [6.45, 7) is 3.72. The molecule has 125 valence electrons. The molecule has 0 aromatic rings. The molecule has 0 fully saturated rings. The van der Waals surface area contributed by atoms with Crippen molar-refractivity contribution in [2.24, 2.45) is 5.92 Å². The van der Waals surface area contributed by atoms with Crippen molar-refractivity contribution in [3.05, 3.63) is 0 Å². The van der Waals surface area contributed by atoms with Gasteiger partial charge >= 0.3 is 11.9 Å². The van der Waals surface area contributed by atoms with Gasteiger partial charge in [0, 0.05) is 17.1 Å². The first kappa shape index (κ1) is 22.6. The molecule has 0 amide bonds. The first-order chi connectivity index (χ1) is 9.10. The number of carboxylic acids is 2. The molecule has 0 aliphatic carbocycles. The minimum atomic E-state index is -5.03. The summed E-state index contributed by atoms with van der Waals surface area (Å²) in [5.41, 5.74) is 0. The Hall–Kier alpha value is -0.631. The first-order valence-corrected chi connectivity index (χ1v) is 7.97. The maximum atomic E-state index is 11.5. The Morgan fingerprint density at radius 3 is 2.00 bits per heavy atom. The third-order valence-electron chi connectivity index (χ3n) is 3.48. The van der Waals surface area contributed by atoms with Crippen molar-refractivity contribution in [2.75, 3.05) is 0 Å². The molecule has 21 heavy (non-hydrogen) atoms. The molecule has 0 rings (SSSR count). The van der Waals surface area contributed by atoms with Crippen molar-refractivity contribution in [3.63, 3.8) is 0 Å². The standard InChI is InChI=1S/C12H22O7S.Mn/c1-3-5-6-9(4-2)7-12(11(15)16,8-10(13)14)20(17,18)19;/h9H,3-8H2,1-2H3,(H,13,14)(H,15,16)(H,17,18,19);. The van der Waals surface area contributed by atoms with Crippen LogP contribution < -0.4 is 0 Å². The van der Waals surface area contributed by atoms with Gasteiger partial charge in [-0.3, -0.25) is 14.1 Å². The van der Waals surface area contributed by atoms with Gasteiger partial charge in [0.05, 0.1) is 6.42 Å². The summed E-state index contributed by atoms with van der Waals surface area (Å²) in [6.07, 6.45) is 1.21. The summed E-state index contributed by atoms with van der Waals surface area (Å²) in [6, 6.07) is 0. The summed E-state index contributed by atoms with van der Waals surface area (Å²) in [7, 11) is -5.03. The fourth-order valence-electron chi connectivity index (χ4n) is 2.20. The Balaban J connectivity index is 0. The molecule has 2 unspecified atom stereocenters. The summed E-state index contributed by atoms with van der Waals surface area (Å²) >= 11 is 0. The number of rotatable bonds is 10. The van der Waals surface area contributed by atoms with E-state index in [-0.39, 0.29) is 23.0 Å². The molecule has 0 aromatic heterocycles. The molecule has 0 aliphatic rings. The molecule has 0 heterocycles. The summed E-state index contributed by atoms with van der Waals surface area (Å²) < 4.78 is 29.5. The molecule has 2 atom stereocenters. The second kappa shape index (κ2) is 9.40. The Kier molecular flexibility index (Phi) is 10.1.